The van der Waals surface area contributed by atoms with E-state index in [2.05, 4.69) is 0 Å². The zero-order valence-corrected chi connectivity index (χ0v) is 11.8. The summed E-state index contributed by atoms with van der Waals surface area (Å²) in [6.45, 7) is 3.59. The fourth-order valence-corrected chi connectivity index (χ4v) is 1.88. The second kappa shape index (κ2) is 6.76. The Hall–Kier alpha value is -0.0600. The summed E-state index contributed by atoms with van der Waals surface area (Å²) in [5.41, 5.74) is 5.84. The molecule has 0 unspecified atom stereocenters. The van der Waals surface area contributed by atoms with Crippen LogP contribution in [0, 0.1) is 11.7 Å². The van der Waals surface area contributed by atoms with Gasteiger partial charge in [-0.1, -0.05) is 37.0 Å². The standard InChI is InChI=1S/C11H14Cl2FNO.ClH/c1-5(2)11(16)10(15)8-7(14)4-3-6(12)9(8)13;/h3-5,10-11,16H,15H2,1-2H3;1H/t10-,11+;/m1./s1. The van der Waals surface area contributed by atoms with Crippen LogP contribution in [-0.2, 0) is 0 Å². The minimum Gasteiger partial charge on any atom is -0.391 e. The quantitative estimate of drug-likeness (QED) is 0.839. The zero-order valence-electron chi connectivity index (χ0n) is 9.45. The second-order valence-electron chi connectivity index (χ2n) is 4.02. The Bertz CT molecular complexity index is 387. The van der Waals surface area contributed by atoms with Crippen molar-refractivity contribution in [3.05, 3.63) is 33.6 Å². The molecule has 0 amide bonds. The Balaban J connectivity index is 0.00000256. The second-order valence-corrected chi connectivity index (χ2v) is 4.80. The number of aliphatic hydroxyl groups excluding tert-OH is 1. The number of aliphatic hydroxyl groups is 1. The monoisotopic (exact) mass is 301 g/mol. The highest BCUT2D eigenvalue weighted by atomic mass is 35.5. The van der Waals surface area contributed by atoms with E-state index >= 15 is 0 Å². The summed E-state index contributed by atoms with van der Waals surface area (Å²) in [5, 5.41) is 10.1. The molecule has 3 N–H and O–H groups in total. The first-order chi connectivity index (χ1) is 7.36. The van der Waals surface area contributed by atoms with E-state index in [-0.39, 0.29) is 33.9 Å². The minimum atomic E-state index is -0.883. The smallest absolute Gasteiger partial charge is 0.129 e. The first-order valence-electron chi connectivity index (χ1n) is 4.93. The Morgan fingerprint density at radius 3 is 2.29 bits per heavy atom. The van der Waals surface area contributed by atoms with Crippen molar-refractivity contribution < 1.29 is 9.50 Å². The van der Waals surface area contributed by atoms with Gasteiger partial charge in [-0.2, -0.15) is 0 Å². The van der Waals surface area contributed by atoms with Gasteiger partial charge in [-0.25, -0.2) is 4.39 Å². The molecule has 0 aromatic heterocycles. The van der Waals surface area contributed by atoms with Crippen molar-refractivity contribution in [2.45, 2.75) is 26.0 Å². The van der Waals surface area contributed by atoms with Crippen LogP contribution < -0.4 is 5.73 Å². The Morgan fingerprint density at radius 2 is 1.82 bits per heavy atom. The summed E-state index contributed by atoms with van der Waals surface area (Å²) in [6.07, 6.45) is -0.870. The third kappa shape index (κ3) is 3.70. The summed E-state index contributed by atoms with van der Waals surface area (Å²) in [6, 6.07) is 1.67. The highest BCUT2D eigenvalue weighted by Gasteiger charge is 2.26. The van der Waals surface area contributed by atoms with Crippen LogP contribution in [0.15, 0.2) is 12.1 Å². The number of hydrogen-bond acceptors (Lipinski definition) is 2. The highest BCUT2D eigenvalue weighted by molar-refractivity contribution is 6.42. The molecule has 1 rings (SSSR count). The molecule has 0 heterocycles. The molecule has 0 fully saturated rings. The fraction of sp³-hybridized carbons (Fsp3) is 0.455. The molecule has 98 valence electrons. The minimum absolute atomic E-state index is 0. The molecular formula is C11H15Cl3FNO. The van der Waals surface area contributed by atoms with Gasteiger partial charge >= 0.3 is 0 Å². The average molecular weight is 303 g/mol. The highest BCUT2D eigenvalue weighted by Crippen LogP contribution is 2.33. The molecule has 17 heavy (non-hydrogen) atoms. The first kappa shape index (κ1) is 16.9. The van der Waals surface area contributed by atoms with Gasteiger partial charge in [0.2, 0.25) is 0 Å². The van der Waals surface area contributed by atoms with Gasteiger partial charge in [-0.3, -0.25) is 0 Å². The molecule has 0 saturated carbocycles. The topological polar surface area (TPSA) is 46.2 Å². The molecule has 2 nitrogen and oxygen atoms in total. The summed E-state index contributed by atoms with van der Waals surface area (Å²) < 4.78 is 13.6. The third-order valence-corrected chi connectivity index (χ3v) is 3.28. The molecule has 2 atom stereocenters. The Morgan fingerprint density at radius 1 is 1.29 bits per heavy atom. The number of halogens is 4. The van der Waals surface area contributed by atoms with Gasteiger partial charge in [0, 0.05) is 5.56 Å². The van der Waals surface area contributed by atoms with Crippen molar-refractivity contribution in [2.75, 3.05) is 0 Å². The van der Waals surface area contributed by atoms with Crippen LogP contribution >= 0.6 is 35.6 Å². The summed E-state index contributed by atoms with van der Waals surface area (Å²) in [4.78, 5) is 0. The molecule has 0 saturated heterocycles. The lowest BCUT2D eigenvalue weighted by molar-refractivity contribution is 0.0967. The van der Waals surface area contributed by atoms with Crippen LogP contribution in [0.3, 0.4) is 0 Å². The van der Waals surface area contributed by atoms with Crippen LogP contribution in [0.4, 0.5) is 4.39 Å². The average Bonchev–Trinajstić information content (AvgIpc) is 2.22. The summed E-state index contributed by atoms with van der Waals surface area (Å²) in [5.74, 6) is -0.647. The predicted molar refractivity (Wildman–Crippen MR) is 71.4 cm³/mol. The van der Waals surface area contributed by atoms with Gasteiger partial charge in [0.15, 0.2) is 0 Å². The van der Waals surface area contributed by atoms with Crippen LogP contribution in [0.5, 0.6) is 0 Å². The lowest BCUT2D eigenvalue weighted by Gasteiger charge is -2.23. The Kier molecular flexibility index (Phi) is 6.74. The van der Waals surface area contributed by atoms with E-state index < -0.39 is 18.0 Å². The fourth-order valence-electron chi connectivity index (χ4n) is 1.43. The van der Waals surface area contributed by atoms with E-state index in [1.807, 2.05) is 0 Å². The van der Waals surface area contributed by atoms with Crippen molar-refractivity contribution in [1.29, 1.82) is 0 Å². The zero-order chi connectivity index (χ0) is 12.5. The molecule has 0 aliphatic heterocycles. The summed E-state index contributed by atoms with van der Waals surface area (Å²) in [7, 11) is 0. The molecule has 1 aromatic rings. The maximum Gasteiger partial charge on any atom is 0.129 e. The number of benzene rings is 1. The van der Waals surface area contributed by atoms with Crippen LogP contribution in [0.25, 0.3) is 0 Å². The van der Waals surface area contributed by atoms with E-state index in [4.69, 9.17) is 28.9 Å². The molecule has 1 aromatic carbocycles. The van der Waals surface area contributed by atoms with E-state index in [1.54, 1.807) is 13.8 Å². The Labute approximate surface area is 116 Å². The van der Waals surface area contributed by atoms with E-state index in [9.17, 15) is 9.50 Å². The maximum atomic E-state index is 13.6. The van der Waals surface area contributed by atoms with Gasteiger partial charge < -0.3 is 10.8 Å². The largest absolute Gasteiger partial charge is 0.391 e. The molecule has 0 aliphatic rings. The lowest BCUT2D eigenvalue weighted by Crippen LogP contribution is -2.31. The molecule has 6 heteroatoms. The van der Waals surface area contributed by atoms with E-state index in [1.165, 1.54) is 12.1 Å². The van der Waals surface area contributed by atoms with Crippen molar-refractivity contribution in [1.82, 2.24) is 0 Å². The SMILES string of the molecule is CC(C)[C@H](O)[C@H](N)c1c(F)ccc(Cl)c1Cl.Cl. The first-order valence-corrected chi connectivity index (χ1v) is 5.69. The lowest BCUT2D eigenvalue weighted by atomic mass is 9.94. The summed E-state index contributed by atoms with van der Waals surface area (Å²) >= 11 is 11.7. The van der Waals surface area contributed by atoms with Crippen molar-refractivity contribution in [3.63, 3.8) is 0 Å². The van der Waals surface area contributed by atoms with Gasteiger partial charge in [0.1, 0.15) is 5.82 Å². The number of nitrogens with two attached hydrogens (primary N) is 1. The normalized spacial score (nSPS) is 14.4. The van der Waals surface area contributed by atoms with Crippen LogP contribution in [-0.4, -0.2) is 11.2 Å². The predicted octanol–water partition coefficient (Wildman–Crippen LogP) is 3.57. The molecular weight excluding hydrogens is 287 g/mol. The molecule has 0 spiro atoms. The number of hydrogen-bond donors (Lipinski definition) is 2. The van der Waals surface area contributed by atoms with Crippen molar-refractivity contribution >= 4 is 35.6 Å². The third-order valence-electron chi connectivity index (χ3n) is 2.46. The maximum absolute atomic E-state index is 13.6. The van der Waals surface area contributed by atoms with Crippen molar-refractivity contribution in [3.8, 4) is 0 Å². The molecule has 0 radical (unpaired) electrons. The van der Waals surface area contributed by atoms with Crippen molar-refractivity contribution in [2.24, 2.45) is 11.7 Å². The van der Waals surface area contributed by atoms with E-state index in [0.717, 1.165) is 0 Å². The van der Waals surface area contributed by atoms with Gasteiger partial charge in [0.05, 0.1) is 22.2 Å². The van der Waals surface area contributed by atoms with Gasteiger partial charge in [0.25, 0.3) is 0 Å². The van der Waals surface area contributed by atoms with Gasteiger partial charge in [-0.15, -0.1) is 12.4 Å². The molecule has 0 bridgehead atoms. The van der Waals surface area contributed by atoms with Crippen LogP contribution in [0.2, 0.25) is 10.0 Å². The van der Waals surface area contributed by atoms with Gasteiger partial charge in [-0.05, 0) is 18.1 Å². The van der Waals surface area contributed by atoms with Crippen LogP contribution in [0.1, 0.15) is 25.5 Å². The number of rotatable bonds is 3. The van der Waals surface area contributed by atoms with E-state index in [0.29, 0.717) is 0 Å². The molecule has 0 aliphatic carbocycles.